The van der Waals surface area contributed by atoms with Crippen molar-refractivity contribution < 1.29 is 14.6 Å². The minimum Gasteiger partial charge on any atom is -0.485 e. The van der Waals surface area contributed by atoms with Crippen LogP contribution in [0, 0.1) is 0 Å². The zero-order valence-corrected chi connectivity index (χ0v) is 10.1. The Hall–Kier alpha value is -1.82. The van der Waals surface area contributed by atoms with Gasteiger partial charge in [-0.25, -0.2) is 4.79 Å². The van der Waals surface area contributed by atoms with E-state index in [2.05, 4.69) is 5.10 Å². The SMILES string of the molecule is CCn1cc(OCc2ccc(C(=O)O)s2)cn1. The van der Waals surface area contributed by atoms with E-state index in [4.69, 9.17) is 9.84 Å². The van der Waals surface area contributed by atoms with E-state index in [-0.39, 0.29) is 0 Å². The van der Waals surface area contributed by atoms with Gasteiger partial charge in [0, 0.05) is 11.4 Å². The summed E-state index contributed by atoms with van der Waals surface area (Å²) in [5, 5.41) is 12.9. The lowest BCUT2D eigenvalue weighted by molar-refractivity contribution is 0.0702. The predicted molar refractivity (Wildman–Crippen MR) is 63.5 cm³/mol. The van der Waals surface area contributed by atoms with Gasteiger partial charge in [0.1, 0.15) is 11.5 Å². The molecule has 2 rings (SSSR count). The molecule has 0 fully saturated rings. The fourth-order valence-electron chi connectivity index (χ4n) is 1.32. The number of hydrogen-bond donors (Lipinski definition) is 1. The highest BCUT2D eigenvalue weighted by Crippen LogP contribution is 2.19. The summed E-state index contributed by atoms with van der Waals surface area (Å²) >= 11 is 1.22. The first-order chi connectivity index (χ1) is 8.19. The number of aromatic nitrogens is 2. The number of ether oxygens (including phenoxy) is 1. The quantitative estimate of drug-likeness (QED) is 0.886. The number of carbonyl (C=O) groups is 1. The van der Waals surface area contributed by atoms with Gasteiger partial charge in [0.2, 0.25) is 0 Å². The Kier molecular flexibility index (Phi) is 3.43. The van der Waals surface area contributed by atoms with Gasteiger partial charge in [-0.05, 0) is 19.1 Å². The van der Waals surface area contributed by atoms with Gasteiger partial charge >= 0.3 is 5.97 Å². The minimum absolute atomic E-state index is 0.327. The van der Waals surface area contributed by atoms with Crippen LogP contribution in [0.5, 0.6) is 5.75 Å². The zero-order chi connectivity index (χ0) is 12.3. The Bertz CT molecular complexity index is 518. The summed E-state index contributed by atoms with van der Waals surface area (Å²) in [5.74, 6) is -0.211. The van der Waals surface area contributed by atoms with Crippen LogP contribution in [0.2, 0.25) is 0 Å². The number of carboxylic acid groups (broad SMARTS) is 1. The number of rotatable bonds is 5. The van der Waals surface area contributed by atoms with Gasteiger partial charge in [0.15, 0.2) is 5.75 Å². The average molecular weight is 252 g/mol. The normalized spacial score (nSPS) is 10.4. The first kappa shape index (κ1) is 11.7. The molecule has 90 valence electrons. The molecule has 0 aromatic carbocycles. The molecule has 0 bridgehead atoms. The molecular weight excluding hydrogens is 240 g/mol. The molecule has 0 aliphatic rings. The maximum Gasteiger partial charge on any atom is 0.345 e. The molecule has 2 aromatic rings. The van der Waals surface area contributed by atoms with Crippen molar-refractivity contribution in [2.75, 3.05) is 0 Å². The predicted octanol–water partition coefficient (Wildman–Crippen LogP) is 2.24. The smallest absolute Gasteiger partial charge is 0.345 e. The summed E-state index contributed by atoms with van der Waals surface area (Å²) < 4.78 is 7.27. The van der Waals surface area contributed by atoms with Crippen LogP contribution in [-0.2, 0) is 13.2 Å². The molecule has 0 aliphatic carbocycles. The van der Waals surface area contributed by atoms with Gasteiger partial charge in [-0.3, -0.25) is 4.68 Å². The summed E-state index contributed by atoms with van der Waals surface area (Å²) in [7, 11) is 0. The van der Waals surface area contributed by atoms with Gasteiger partial charge in [0.25, 0.3) is 0 Å². The van der Waals surface area contributed by atoms with Crippen LogP contribution in [0.4, 0.5) is 0 Å². The second kappa shape index (κ2) is 5.01. The Labute approximate surface area is 102 Å². The molecule has 17 heavy (non-hydrogen) atoms. The molecule has 0 atom stereocenters. The topological polar surface area (TPSA) is 64.3 Å². The van der Waals surface area contributed by atoms with Crippen molar-refractivity contribution in [1.82, 2.24) is 9.78 Å². The lowest BCUT2D eigenvalue weighted by Gasteiger charge is -1.99. The van der Waals surface area contributed by atoms with E-state index >= 15 is 0 Å². The fourth-order valence-corrected chi connectivity index (χ4v) is 2.08. The van der Waals surface area contributed by atoms with E-state index < -0.39 is 5.97 Å². The molecule has 0 saturated heterocycles. The molecule has 0 unspecified atom stereocenters. The summed E-state index contributed by atoms with van der Waals surface area (Å²) in [6, 6.07) is 3.35. The molecule has 1 N–H and O–H groups in total. The number of thiophene rings is 1. The van der Waals surface area contributed by atoms with E-state index in [1.807, 2.05) is 13.1 Å². The fraction of sp³-hybridized carbons (Fsp3) is 0.273. The molecule has 2 aromatic heterocycles. The monoisotopic (exact) mass is 252 g/mol. The number of nitrogens with zero attached hydrogens (tertiary/aromatic N) is 2. The van der Waals surface area contributed by atoms with E-state index in [9.17, 15) is 4.79 Å². The Morgan fingerprint density at radius 1 is 1.59 bits per heavy atom. The largest absolute Gasteiger partial charge is 0.485 e. The van der Waals surface area contributed by atoms with Crippen LogP contribution in [0.3, 0.4) is 0 Å². The third-order valence-electron chi connectivity index (χ3n) is 2.19. The first-order valence-electron chi connectivity index (χ1n) is 5.16. The van der Waals surface area contributed by atoms with Crippen LogP contribution in [0.25, 0.3) is 0 Å². The molecule has 0 saturated carbocycles. The third-order valence-corrected chi connectivity index (χ3v) is 3.23. The first-order valence-corrected chi connectivity index (χ1v) is 5.98. The molecule has 2 heterocycles. The van der Waals surface area contributed by atoms with Crippen LogP contribution in [0.15, 0.2) is 24.5 Å². The average Bonchev–Trinajstić information content (AvgIpc) is 2.95. The van der Waals surface area contributed by atoms with E-state index in [0.29, 0.717) is 17.2 Å². The second-order valence-corrected chi connectivity index (χ2v) is 4.56. The van der Waals surface area contributed by atoms with E-state index in [0.717, 1.165) is 11.4 Å². The second-order valence-electron chi connectivity index (χ2n) is 3.39. The summed E-state index contributed by atoms with van der Waals surface area (Å²) in [6.45, 7) is 3.16. The molecule has 6 heteroatoms. The Morgan fingerprint density at radius 2 is 2.41 bits per heavy atom. The van der Waals surface area contributed by atoms with Crippen molar-refractivity contribution in [2.24, 2.45) is 0 Å². The lowest BCUT2D eigenvalue weighted by atomic mass is 10.4. The van der Waals surface area contributed by atoms with Crippen molar-refractivity contribution in [3.63, 3.8) is 0 Å². The van der Waals surface area contributed by atoms with Crippen LogP contribution < -0.4 is 4.74 Å². The van der Waals surface area contributed by atoms with Crippen molar-refractivity contribution in [3.8, 4) is 5.75 Å². The summed E-state index contributed by atoms with van der Waals surface area (Å²) in [4.78, 5) is 11.9. The summed E-state index contributed by atoms with van der Waals surface area (Å²) in [6.07, 6.45) is 3.46. The molecule has 0 aliphatic heterocycles. The highest BCUT2D eigenvalue weighted by Gasteiger charge is 2.07. The molecule has 5 nitrogen and oxygen atoms in total. The highest BCUT2D eigenvalue weighted by molar-refractivity contribution is 7.13. The number of aromatic carboxylic acids is 1. The van der Waals surface area contributed by atoms with E-state index in [1.54, 1.807) is 23.0 Å². The van der Waals surface area contributed by atoms with Crippen molar-refractivity contribution in [1.29, 1.82) is 0 Å². The van der Waals surface area contributed by atoms with Crippen LogP contribution in [0.1, 0.15) is 21.5 Å². The number of carboxylic acids is 1. The van der Waals surface area contributed by atoms with Crippen molar-refractivity contribution in [2.45, 2.75) is 20.1 Å². The Balaban J connectivity index is 1.94. The maximum atomic E-state index is 10.7. The van der Waals surface area contributed by atoms with Crippen LogP contribution in [-0.4, -0.2) is 20.9 Å². The molecular formula is C11H12N2O3S. The standard InChI is InChI=1S/C11H12N2O3S/c1-2-13-6-8(5-12-13)16-7-9-3-4-10(17-9)11(14)15/h3-6H,2,7H2,1H3,(H,14,15). The van der Waals surface area contributed by atoms with Gasteiger partial charge in [-0.2, -0.15) is 5.10 Å². The molecule has 0 spiro atoms. The van der Waals surface area contributed by atoms with Crippen molar-refractivity contribution in [3.05, 3.63) is 34.3 Å². The highest BCUT2D eigenvalue weighted by atomic mass is 32.1. The molecule has 0 radical (unpaired) electrons. The van der Waals surface area contributed by atoms with E-state index in [1.165, 1.54) is 11.3 Å². The zero-order valence-electron chi connectivity index (χ0n) is 9.29. The number of aryl methyl sites for hydroxylation is 1. The summed E-state index contributed by atoms with van der Waals surface area (Å²) in [5.41, 5.74) is 0. The lowest BCUT2D eigenvalue weighted by Crippen LogP contribution is -1.93. The Morgan fingerprint density at radius 3 is 3.00 bits per heavy atom. The number of hydrogen-bond acceptors (Lipinski definition) is 4. The third kappa shape index (κ3) is 2.85. The van der Waals surface area contributed by atoms with Gasteiger partial charge in [0.05, 0.1) is 12.4 Å². The molecule has 0 amide bonds. The van der Waals surface area contributed by atoms with Gasteiger partial charge < -0.3 is 9.84 Å². The van der Waals surface area contributed by atoms with Gasteiger partial charge in [-0.1, -0.05) is 0 Å². The maximum absolute atomic E-state index is 10.7. The van der Waals surface area contributed by atoms with Gasteiger partial charge in [-0.15, -0.1) is 11.3 Å². The van der Waals surface area contributed by atoms with Crippen molar-refractivity contribution >= 4 is 17.3 Å². The van der Waals surface area contributed by atoms with Crippen LogP contribution >= 0.6 is 11.3 Å². The minimum atomic E-state index is -0.903.